The van der Waals surface area contributed by atoms with E-state index in [-0.39, 0.29) is 11.7 Å². The zero-order valence-corrected chi connectivity index (χ0v) is 15.4. The third-order valence-corrected chi connectivity index (χ3v) is 5.03. The predicted octanol–water partition coefficient (Wildman–Crippen LogP) is 3.80. The lowest BCUT2D eigenvalue weighted by molar-refractivity contribution is -0.113. The molecule has 0 radical (unpaired) electrons. The van der Waals surface area contributed by atoms with Gasteiger partial charge in [0.05, 0.1) is 22.1 Å². The number of anilines is 1. The third-order valence-electron chi connectivity index (χ3n) is 2.33. The molecule has 1 aromatic carbocycles. The van der Waals surface area contributed by atoms with Crippen molar-refractivity contribution in [2.45, 2.75) is 4.34 Å². The Labute approximate surface area is 151 Å². The van der Waals surface area contributed by atoms with E-state index in [9.17, 15) is 4.79 Å². The highest BCUT2D eigenvalue weighted by Gasteiger charge is 2.09. The number of aliphatic imine (C=N–C) groups is 1. The van der Waals surface area contributed by atoms with Gasteiger partial charge < -0.3 is 10.2 Å². The van der Waals surface area contributed by atoms with E-state index in [1.165, 1.54) is 23.1 Å². The van der Waals surface area contributed by atoms with E-state index in [1.54, 1.807) is 29.4 Å². The molecule has 0 saturated carbocycles. The minimum Gasteiger partial charge on any atom is -0.369 e. The Bertz CT molecular complexity index is 720. The van der Waals surface area contributed by atoms with Crippen LogP contribution < -0.4 is 5.32 Å². The van der Waals surface area contributed by atoms with Crippen molar-refractivity contribution in [1.82, 2.24) is 15.1 Å². The molecular weight excluding hydrogens is 377 g/mol. The van der Waals surface area contributed by atoms with E-state index >= 15 is 0 Å². The molecule has 23 heavy (non-hydrogen) atoms. The minimum atomic E-state index is -0.165. The molecule has 2 aromatic rings. The molecule has 0 spiro atoms. The quantitative estimate of drug-likeness (QED) is 0.462. The molecule has 1 heterocycles. The SMILES string of the molecule is CN(C)/C=N/c1nnc(SCC(=O)Nc2ccc(Cl)c(Cl)c2)s1. The Morgan fingerprint density at radius 3 is 2.87 bits per heavy atom. The first-order valence-corrected chi connectivity index (χ1v) is 8.91. The van der Waals surface area contributed by atoms with Crippen molar-refractivity contribution in [1.29, 1.82) is 0 Å². The number of carbonyl (C=O) groups excluding carboxylic acids is 1. The van der Waals surface area contributed by atoms with Crippen LogP contribution in [0, 0.1) is 0 Å². The van der Waals surface area contributed by atoms with Crippen LogP contribution in [0.3, 0.4) is 0 Å². The topological polar surface area (TPSA) is 70.5 Å². The Balaban J connectivity index is 1.85. The summed E-state index contributed by atoms with van der Waals surface area (Å²) in [7, 11) is 3.74. The molecular formula is C13H13Cl2N5OS2. The van der Waals surface area contributed by atoms with Crippen LogP contribution in [-0.2, 0) is 4.79 Å². The second kappa shape index (κ2) is 8.49. The summed E-state index contributed by atoms with van der Waals surface area (Å²) in [6, 6.07) is 4.92. The van der Waals surface area contributed by atoms with Gasteiger partial charge in [0, 0.05) is 19.8 Å². The van der Waals surface area contributed by atoms with Gasteiger partial charge >= 0.3 is 0 Å². The number of rotatable bonds is 6. The number of hydrogen-bond acceptors (Lipinski definition) is 6. The molecule has 0 bridgehead atoms. The van der Waals surface area contributed by atoms with Gasteiger partial charge in [-0.1, -0.05) is 46.3 Å². The molecule has 0 fully saturated rings. The maximum Gasteiger partial charge on any atom is 0.234 e. The summed E-state index contributed by atoms with van der Waals surface area (Å²) in [5.74, 6) is 0.0497. The van der Waals surface area contributed by atoms with Gasteiger partial charge in [-0.3, -0.25) is 4.79 Å². The first-order valence-electron chi connectivity index (χ1n) is 6.36. The Morgan fingerprint density at radius 2 is 2.17 bits per heavy atom. The van der Waals surface area contributed by atoms with Crippen LogP contribution >= 0.6 is 46.3 Å². The average molecular weight is 390 g/mol. The van der Waals surface area contributed by atoms with Gasteiger partial charge in [-0.05, 0) is 18.2 Å². The van der Waals surface area contributed by atoms with Crippen LogP contribution in [0.5, 0.6) is 0 Å². The third kappa shape index (κ3) is 5.98. The Kier molecular flexibility index (Phi) is 6.64. The molecule has 0 unspecified atom stereocenters. The van der Waals surface area contributed by atoms with Crippen LogP contribution in [0.15, 0.2) is 27.5 Å². The summed E-state index contributed by atoms with van der Waals surface area (Å²) < 4.78 is 0.681. The number of hydrogen-bond donors (Lipinski definition) is 1. The molecule has 1 aromatic heterocycles. The van der Waals surface area contributed by atoms with Gasteiger partial charge in [0.15, 0.2) is 4.34 Å². The van der Waals surface area contributed by atoms with Gasteiger partial charge in [-0.25, -0.2) is 4.99 Å². The van der Waals surface area contributed by atoms with Crippen LogP contribution in [0.25, 0.3) is 0 Å². The summed E-state index contributed by atoms with van der Waals surface area (Å²) in [5.41, 5.74) is 0.596. The molecule has 0 aliphatic carbocycles. The zero-order chi connectivity index (χ0) is 16.8. The lowest BCUT2D eigenvalue weighted by Gasteiger charge is -2.05. The molecule has 0 atom stereocenters. The normalized spacial score (nSPS) is 11.0. The molecule has 0 aliphatic rings. The standard InChI is InChI=1S/C13H13Cl2N5OS2/c1-20(2)7-16-12-18-19-13(23-12)22-6-11(21)17-8-3-4-9(14)10(15)5-8/h3-5,7H,6H2,1-2H3,(H,17,21)/b16-7+. The fraction of sp³-hybridized carbons (Fsp3) is 0.231. The Hall–Kier alpha value is -1.35. The summed E-state index contributed by atoms with van der Waals surface area (Å²) >= 11 is 14.4. The molecule has 122 valence electrons. The fourth-order valence-corrected chi connectivity index (χ4v) is 3.15. The number of aromatic nitrogens is 2. The molecule has 0 saturated heterocycles. The highest BCUT2D eigenvalue weighted by Crippen LogP contribution is 2.28. The number of carbonyl (C=O) groups is 1. The van der Waals surface area contributed by atoms with Crippen molar-refractivity contribution in [3.63, 3.8) is 0 Å². The zero-order valence-electron chi connectivity index (χ0n) is 12.3. The largest absolute Gasteiger partial charge is 0.369 e. The number of benzene rings is 1. The highest BCUT2D eigenvalue weighted by molar-refractivity contribution is 8.01. The number of halogens is 2. The van der Waals surface area contributed by atoms with E-state index in [0.717, 1.165) is 0 Å². The van der Waals surface area contributed by atoms with Crippen molar-refractivity contribution in [2.75, 3.05) is 25.2 Å². The van der Waals surface area contributed by atoms with Gasteiger partial charge in [0.1, 0.15) is 0 Å². The van der Waals surface area contributed by atoms with E-state index in [4.69, 9.17) is 23.2 Å². The van der Waals surface area contributed by atoms with Crippen molar-refractivity contribution in [2.24, 2.45) is 4.99 Å². The van der Waals surface area contributed by atoms with E-state index in [2.05, 4.69) is 20.5 Å². The van der Waals surface area contributed by atoms with Crippen molar-refractivity contribution < 1.29 is 4.79 Å². The number of nitrogens with one attached hydrogen (secondary N) is 1. The maximum absolute atomic E-state index is 11.9. The molecule has 10 heteroatoms. The summed E-state index contributed by atoms with van der Waals surface area (Å²) in [5, 5.41) is 12.0. The van der Waals surface area contributed by atoms with Crippen molar-refractivity contribution in [3.8, 4) is 0 Å². The van der Waals surface area contributed by atoms with E-state index in [0.29, 0.717) is 25.2 Å². The maximum atomic E-state index is 11.9. The second-order valence-corrected chi connectivity index (χ2v) is 7.52. The fourth-order valence-electron chi connectivity index (χ4n) is 1.38. The molecule has 1 amide bonds. The van der Waals surface area contributed by atoms with Crippen molar-refractivity contribution >= 4 is 69.4 Å². The number of nitrogens with zero attached hydrogens (tertiary/aromatic N) is 4. The molecule has 6 nitrogen and oxygen atoms in total. The summed E-state index contributed by atoms with van der Waals surface area (Å²) in [6.45, 7) is 0. The van der Waals surface area contributed by atoms with Crippen LogP contribution in [0.1, 0.15) is 0 Å². The Morgan fingerprint density at radius 1 is 1.39 bits per heavy atom. The lowest BCUT2D eigenvalue weighted by atomic mass is 10.3. The van der Waals surface area contributed by atoms with Crippen molar-refractivity contribution in [3.05, 3.63) is 28.2 Å². The second-order valence-electron chi connectivity index (χ2n) is 4.52. The van der Waals surface area contributed by atoms with E-state index in [1.807, 2.05) is 14.1 Å². The van der Waals surface area contributed by atoms with Crippen LogP contribution in [0.2, 0.25) is 10.0 Å². The molecule has 2 rings (SSSR count). The lowest BCUT2D eigenvalue weighted by Crippen LogP contribution is -2.13. The average Bonchev–Trinajstić information content (AvgIpc) is 2.95. The summed E-state index contributed by atoms with van der Waals surface area (Å²) in [4.78, 5) is 17.9. The van der Waals surface area contributed by atoms with Crippen LogP contribution in [-0.4, -0.2) is 47.2 Å². The first kappa shape index (κ1) is 18.0. The van der Waals surface area contributed by atoms with E-state index < -0.39 is 0 Å². The highest BCUT2D eigenvalue weighted by atomic mass is 35.5. The number of thioether (sulfide) groups is 1. The molecule has 1 N–H and O–H groups in total. The number of amides is 1. The molecule has 0 aliphatic heterocycles. The van der Waals surface area contributed by atoms with Gasteiger partial charge in [0.2, 0.25) is 11.0 Å². The monoisotopic (exact) mass is 389 g/mol. The van der Waals surface area contributed by atoms with Gasteiger partial charge in [0.25, 0.3) is 0 Å². The first-order chi connectivity index (χ1) is 10.9. The van der Waals surface area contributed by atoms with Gasteiger partial charge in [-0.2, -0.15) is 0 Å². The predicted molar refractivity (Wildman–Crippen MR) is 97.6 cm³/mol. The van der Waals surface area contributed by atoms with Gasteiger partial charge in [-0.15, -0.1) is 10.2 Å². The summed E-state index contributed by atoms with van der Waals surface area (Å²) in [6.07, 6.45) is 1.64. The minimum absolute atomic E-state index is 0.165. The van der Waals surface area contributed by atoms with Crippen LogP contribution in [0.4, 0.5) is 10.8 Å². The smallest absolute Gasteiger partial charge is 0.234 e.